The highest BCUT2D eigenvalue weighted by Gasteiger charge is 2.19. The molecular formula is C23H29N5O3S. The number of sulfonamides is 1. The summed E-state index contributed by atoms with van der Waals surface area (Å²) in [6, 6.07) is 15.2. The van der Waals surface area contributed by atoms with Crippen molar-refractivity contribution in [2.24, 2.45) is 7.05 Å². The minimum atomic E-state index is -3.68. The third kappa shape index (κ3) is 4.89. The van der Waals surface area contributed by atoms with E-state index in [0.717, 1.165) is 43.2 Å². The van der Waals surface area contributed by atoms with E-state index < -0.39 is 10.0 Å². The van der Waals surface area contributed by atoms with Crippen LogP contribution in [0.5, 0.6) is 0 Å². The molecule has 0 saturated carbocycles. The van der Waals surface area contributed by atoms with Gasteiger partial charge in [-0.05, 0) is 55.8 Å². The van der Waals surface area contributed by atoms with Gasteiger partial charge in [0.25, 0.3) is 10.0 Å². The molecule has 0 atom stereocenters. The fourth-order valence-electron chi connectivity index (χ4n) is 3.72. The lowest BCUT2D eigenvalue weighted by molar-refractivity contribution is 0.122. The molecular weight excluding hydrogens is 426 g/mol. The summed E-state index contributed by atoms with van der Waals surface area (Å²) in [6.07, 6.45) is 0. The molecule has 1 aromatic heterocycles. The van der Waals surface area contributed by atoms with Crippen LogP contribution in [0.15, 0.2) is 53.4 Å². The van der Waals surface area contributed by atoms with Gasteiger partial charge in [0.15, 0.2) is 0 Å². The van der Waals surface area contributed by atoms with E-state index in [-0.39, 0.29) is 4.90 Å². The SMILES string of the molecule is Cc1nn(C)c(C)c1NS(=O)(=O)c1ccc(CNc2ccc(N3CCOCC3)cc2)cc1. The number of nitrogens with one attached hydrogen (secondary N) is 2. The molecule has 1 aliphatic rings. The van der Waals surface area contributed by atoms with Crippen LogP contribution in [0.3, 0.4) is 0 Å². The quantitative estimate of drug-likeness (QED) is 0.568. The van der Waals surface area contributed by atoms with Crippen molar-refractivity contribution in [1.29, 1.82) is 0 Å². The Morgan fingerprint density at radius 3 is 2.25 bits per heavy atom. The van der Waals surface area contributed by atoms with E-state index in [1.54, 1.807) is 30.8 Å². The highest BCUT2D eigenvalue weighted by molar-refractivity contribution is 7.92. The molecule has 170 valence electrons. The summed E-state index contributed by atoms with van der Waals surface area (Å²) in [5, 5.41) is 7.65. The van der Waals surface area contributed by atoms with E-state index in [1.165, 1.54) is 5.69 Å². The standard InChI is InChI=1S/C23H29N5O3S/c1-17-23(18(2)27(3)25-17)26-32(29,30)22-10-4-19(5-11-22)16-24-20-6-8-21(9-7-20)28-12-14-31-15-13-28/h4-11,24,26H,12-16H2,1-3H3. The number of morpholine rings is 1. The third-order valence-electron chi connectivity index (χ3n) is 5.72. The molecule has 1 saturated heterocycles. The maximum Gasteiger partial charge on any atom is 0.262 e. The van der Waals surface area contributed by atoms with E-state index in [0.29, 0.717) is 17.9 Å². The van der Waals surface area contributed by atoms with E-state index in [9.17, 15) is 8.42 Å². The summed E-state index contributed by atoms with van der Waals surface area (Å²) < 4.78 is 35.3. The first kappa shape index (κ1) is 22.2. The molecule has 2 heterocycles. The summed E-state index contributed by atoms with van der Waals surface area (Å²) in [5.74, 6) is 0. The van der Waals surface area contributed by atoms with Gasteiger partial charge in [-0.2, -0.15) is 5.10 Å². The zero-order valence-electron chi connectivity index (χ0n) is 18.6. The Morgan fingerprint density at radius 2 is 1.66 bits per heavy atom. The van der Waals surface area contributed by atoms with Crippen molar-refractivity contribution in [3.63, 3.8) is 0 Å². The minimum absolute atomic E-state index is 0.221. The fourth-order valence-corrected chi connectivity index (χ4v) is 4.89. The van der Waals surface area contributed by atoms with Gasteiger partial charge < -0.3 is 15.0 Å². The first-order chi connectivity index (χ1) is 15.3. The Kier molecular flexibility index (Phi) is 6.38. The van der Waals surface area contributed by atoms with Gasteiger partial charge >= 0.3 is 0 Å². The molecule has 8 nitrogen and oxygen atoms in total. The minimum Gasteiger partial charge on any atom is -0.381 e. The van der Waals surface area contributed by atoms with Crippen LogP contribution in [-0.2, 0) is 28.4 Å². The smallest absolute Gasteiger partial charge is 0.262 e. The first-order valence-corrected chi connectivity index (χ1v) is 12.1. The van der Waals surface area contributed by atoms with Crippen LogP contribution in [0.2, 0.25) is 0 Å². The average Bonchev–Trinajstić information content (AvgIpc) is 3.04. The number of hydrogen-bond donors (Lipinski definition) is 2. The molecule has 9 heteroatoms. The Balaban J connectivity index is 1.37. The Hall–Kier alpha value is -3.04. The van der Waals surface area contributed by atoms with E-state index in [2.05, 4.69) is 44.3 Å². The van der Waals surface area contributed by atoms with Crippen molar-refractivity contribution in [3.05, 3.63) is 65.5 Å². The number of aromatic nitrogens is 2. The molecule has 2 N–H and O–H groups in total. The van der Waals surface area contributed by atoms with Crippen LogP contribution >= 0.6 is 0 Å². The predicted molar refractivity (Wildman–Crippen MR) is 127 cm³/mol. The molecule has 1 aliphatic heterocycles. The van der Waals surface area contributed by atoms with E-state index >= 15 is 0 Å². The molecule has 1 fully saturated rings. The maximum absolute atomic E-state index is 12.8. The number of anilines is 3. The topological polar surface area (TPSA) is 88.5 Å². The second kappa shape index (κ2) is 9.22. The summed E-state index contributed by atoms with van der Waals surface area (Å²) in [7, 11) is -1.89. The van der Waals surface area contributed by atoms with Crippen molar-refractivity contribution in [1.82, 2.24) is 9.78 Å². The number of ether oxygens (including phenoxy) is 1. The number of rotatable bonds is 7. The van der Waals surface area contributed by atoms with E-state index in [1.807, 2.05) is 19.1 Å². The lowest BCUT2D eigenvalue weighted by Crippen LogP contribution is -2.36. The highest BCUT2D eigenvalue weighted by Crippen LogP contribution is 2.23. The van der Waals surface area contributed by atoms with Crippen molar-refractivity contribution < 1.29 is 13.2 Å². The van der Waals surface area contributed by atoms with Gasteiger partial charge in [0.1, 0.15) is 0 Å². The van der Waals surface area contributed by atoms with Gasteiger partial charge in [0.05, 0.1) is 35.2 Å². The summed E-state index contributed by atoms with van der Waals surface area (Å²) in [4.78, 5) is 2.54. The average molecular weight is 456 g/mol. The number of nitrogens with zero attached hydrogens (tertiary/aromatic N) is 3. The summed E-state index contributed by atoms with van der Waals surface area (Å²) >= 11 is 0. The molecule has 3 aromatic rings. The van der Waals surface area contributed by atoms with Gasteiger partial charge in [-0.3, -0.25) is 9.40 Å². The van der Waals surface area contributed by atoms with Crippen LogP contribution in [0.25, 0.3) is 0 Å². The molecule has 0 bridgehead atoms. The monoisotopic (exact) mass is 455 g/mol. The molecule has 0 amide bonds. The van der Waals surface area contributed by atoms with Crippen molar-refractivity contribution in [2.75, 3.05) is 41.2 Å². The molecule has 0 spiro atoms. The Labute approximate surface area is 189 Å². The Morgan fingerprint density at radius 1 is 1.00 bits per heavy atom. The Bertz CT molecular complexity index is 1170. The van der Waals surface area contributed by atoms with Gasteiger partial charge in [-0.15, -0.1) is 0 Å². The van der Waals surface area contributed by atoms with Crippen LogP contribution in [0.4, 0.5) is 17.1 Å². The fraction of sp³-hybridized carbons (Fsp3) is 0.348. The van der Waals surface area contributed by atoms with Gasteiger partial charge in [-0.1, -0.05) is 12.1 Å². The molecule has 0 radical (unpaired) electrons. The van der Waals surface area contributed by atoms with Gasteiger partial charge in [0.2, 0.25) is 0 Å². The second-order valence-corrected chi connectivity index (χ2v) is 9.60. The zero-order chi connectivity index (χ0) is 22.7. The number of benzene rings is 2. The maximum atomic E-state index is 12.8. The zero-order valence-corrected chi connectivity index (χ0v) is 19.4. The van der Waals surface area contributed by atoms with E-state index in [4.69, 9.17) is 4.74 Å². The summed E-state index contributed by atoms with van der Waals surface area (Å²) in [5.41, 5.74) is 5.15. The molecule has 0 unspecified atom stereocenters. The molecule has 2 aromatic carbocycles. The van der Waals surface area contributed by atoms with Crippen LogP contribution < -0.4 is 14.9 Å². The highest BCUT2D eigenvalue weighted by atomic mass is 32.2. The van der Waals surface area contributed by atoms with Crippen molar-refractivity contribution in [3.8, 4) is 0 Å². The summed E-state index contributed by atoms with van der Waals surface area (Å²) in [6.45, 7) is 7.58. The molecule has 0 aliphatic carbocycles. The second-order valence-electron chi connectivity index (χ2n) is 7.92. The van der Waals surface area contributed by atoms with Crippen molar-refractivity contribution in [2.45, 2.75) is 25.3 Å². The van der Waals surface area contributed by atoms with Crippen LogP contribution in [0, 0.1) is 13.8 Å². The van der Waals surface area contributed by atoms with Crippen LogP contribution in [-0.4, -0.2) is 44.5 Å². The number of hydrogen-bond acceptors (Lipinski definition) is 6. The van der Waals surface area contributed by atoms with Gasteiger partial charge in [-0.25, -0.2) is 8.42 Å². The number of aryl methyl sites for hydroxylation is 2. The van der Waals surface area contributed by atoms with Gasteiger partial charge in [0, 0.05) is 38.1 Å². The molecule has 32 heavy (non-hydrogen) atoms. The van der Waals surface area contributed by atoms with Crippen molar-refractivity contribution >= 4 is 27.1 Å². The third-order valence-corrected chi connectivity index (χ3v) is 7.08. The lowest BCUT2D eigenvalue weighted by atomic mass is 10.2. The largest absolute Gasteiger partial charge is 0.381 e. The van der Waals surface area contributed by atoms with Crippen LogP contribution in [0.1, 0.15) is 17.0 Å². The predicted octanol–water partition coefficient (Wildman–Crippen LogP) is 3.29. The first-order valence-electron chi connectivity index (χ1n) is 10.6. The lowest BCUT2D eigenvalue weighted by Gasteiger charge is -2.28. The normalized spacial score (nSPS) is 14.4. The molecule has 4 rings (SSSR count).